The van der Waals surface area contributed by atoms with E-state index in [-0.39, 0.29) is 5.91 Å². The first-order chi connectivity index (χ1) is 12.3. The summed E-state index contributed by atoms with van der Waals surface area (Å²) >= 11 is 5.02. The molecule has 4 rings (SSSR count). The molecule has 25 heavy (non-hydrogen) atoms. The molecule has 3 heterocycles. The number of hydrogen-bond donors (Lipinski definition) is 0. The van der Waals surface area contributed by atoms with Crippen LogP contribution in [-0.2, 0) is 11.3 Å². The van der Waals surface area contributed by atoms with Crippen molar-refractivity contribution in [3.63, 3.8) is 0 Å². The molecular weight excluding hydrogens is 370 g/mol. The lowest BCUT2D eigenvalue weighted by Crippen LogP contribution is -2.48. The van der Waals surface area contributed by atoms with Crippen molar-refractivity contribution in [3.8, 4) is 0 Å². The van der Waals surface area contributed by atoms with Crippen LogP contribution in [0.1, 0.15) is 4.88 Å². The molecule has 0 N–H and O–H groups in total. The molecule has 0 unspecified atom stereocenters. The van der Waals surface area contributed by atoms with Crippen molar-refractivity contribution in [2.45, 2.75) is 10.9 Å². The second-order valence-corrected chi connectivity index (χ2v) is 9.26. The van der Waals surface area contributed by atoms with Crippen molar-refractivity contribution in [2.24, 2.45) is 0 Å². The van der Waals surface area contributed by atoms with Gasteiger partial charge in [0.25, 0.3) is 0 Å². The maximum absolute atomic E-state index is 12.5. The Morgan fingerprint density at radius 2 is 1.96 bits per heavy atom. The first kappa shape index (κ1) is 17.0. The number of nitrogens with zero attached hydrogens (tertiary/aromatic N) is 3. The summed E-state index contributed by atoms with van der Waals surface area (Å²) in [7, 11) is 0. The van der Waals surface area contributed by atoms with Crippen molar-refractivity contribution in [1.29, 1.82) is 0 Å². The van der Waals surface area contributed by atoms with Crippen molar-refractivity contribution < 1.29 is 4.79 Å². The fourth-order valence-electron chi connectivity index (χ4n) is 2.91. The van der Waals surface area contributed by atoms with Crippen LogP contribution in [-0.4, -0.2) is 52.6 Å². The minimum Gasteiger partial charge on any atom is -0.339 e. The van der Waals surface area contributed by atoms with Crippen LogP contribution in [0.2, 0.25) is 0 Å². The number of aromatic nitrogens is 1. The van der Waals surface area contributed by atoms with Crippen LogP contribution < -0.4 is 0 Å². The zero-order valence-electron chi connectivity index (χ0n) is 13.8. The minimum absolute atomic E-state index is 0.222. The molecular formula is C18H19N3OS3. The number of carbonyl (C=O) groups is 1. The average Bonchev–Trinajstić information content (AvgIpc) is 3.29. The Bertz CT molecular complexity index is 805. The van der Waals surface area contributed by atoms with Crippen LogP contribution in [0.5, 0.6) is 0 Å². The number of carbonyl (C=O) groups excluding carboxylic acids is 1. The van der Waals surface area contributed by atoms with E-state index < -0.39 is 0 Å². The van der Waals surface area contributed by atoms with Gasteiger partial charge in [-0.15, -0.1) is 22.7 Å². The summed E-state index contributed by atoms with van der Waals surface area (Å²) in [5.41, 5.74) is 1.02. The summed E-state index contributed by atoms with van der Waals surface area (Å²) in [5, 5.41) is 2.12. The summed E-state index contributed by atoms with van der Waals surface area (Å²) in [5.74, 6) is 0.699. The monoisotopic (exact) mass is 389 g/mol. The summed E-state index contributed by atoms with van der Waals surface area (Å²) in [4.78, 5) is 22.9. The van der Waals surface area contributed by atoms with Crippen LogP contribution >= 0.6 is 34.4 Å². The van der Waals surface area contributed by atoms with Gasteiger partial charge in [-0.25, -0.2) is 4.98 Å². The quantitative estimate of drug-likeness (QED) is 0.622. The minimum atomic E-state index is 0.222. The second kappa shape index (κ2) is 7.86. The Hall–Kier alpha value is -1.41. The highest BCUT2D eigenvalue weighted by molar-refractivity contribution is 8.01. The maximum Gasteiger partial charge on any atom is 0.233 e. The molecule has 2 aromatic heterocycles. The van der Waals surface area contributed by atoms with Gasteiger partial charge in [-0.2, -0.15) is 0 Å². The second-order valence-electron chi connectivity index (χ2n) is 5.97. The molecule has 0 saturated carbocycles. The van der Waals surface area contributed by atoms with E-state index in [0.29, 0.717) is 5.75 Å². The Morgan fingerprint density at radius 3 is 2.72 bits per heavy atom. The Morgan fingerprint density at radius 1 is 1.12 bits per heavy atom. The number of piperazine rings is 1. The number of thioether (sulfide) groups is 1. The highest BCUT2D eigenvalue weighted by Crippen LogP contribution is 2.29. The molecule has 1 amide bonds. The molecule has 1 saturated heterocycles. The molecule has 0 aliphatic carbocycles. The number of para-hydroxylation sites is 1. The van der Waals surface area contributed by atoms with E-state index in [4.69, 9.17) is 0 Å². The third-order valence-corrected chi connectivity index (χ3v) is 7.30. The fraction of sp³-hybridized carbons (Fsp3) is 0.333. The lowest BCUT2D eigenvalue weighted by Gasteiger charge is -2.34. The topological polar surface area (TPSA) is 36.4 Å². The maximum atomic E-state index is 12.5. The summed E-state index contributed by atoms with van der Waals surface area (Å²) in [6.45, 7) is 4.56. The van der Waals surface area contributed by atoms with Gasteiger partial charge >= 0.3 is 0 Å². The molecule has 3 aromatic rings. The SMILES string of the molecule is O=C(CSc1nc2ccccc2s1)N1CCN(Cc2cccs2)CC1. The summed E-state index contributed by atoms with van der Waals surface area (Å²) in [6, 6.07) is 12.4. The van der Waals surface area contributed by atoms with Crippen molar-refractivity contribution >= 4 is 50.6 Å². The first-order valence-electron chi connectivity index (χ1n) is 8.29. The zero-order valence-corrected chi connectivity index (χ0v) is 16.2. The molecule has 130 valence electrons. The molecule has 1 aliphatic rings. The van der Waals surface area contributed by atoms with E-state index in [1.807, 2.05) is 23.1 Å². The third-order valence-electron chi connectivity index (χ3n) is 4.28. The van der Waals surface area contributed by atoms with Gasteiger partial charge in [0.2, 0.25) is 5.91 Å². The molecule has 4 nitrogen and oxygen atoms in total. The number of fused-ring (bicyclic) bond motifs is 1. The predicted molar refractivity (Wildman–Crippen MR) is 107 cm³/mol. The van der Waals surface area contributed by atoms with Gasteiger partial charge in [-0.3, -0.25) is 9.69 Å². The van der Waals surface area contributed by atoms with Gasteiger partial charge in [0.15, 0.2) is 4.34 Å². The fourth-order valence-corrected chi connectivity index (χ4v) is 5.62. The van der Waals surface area contributed by atoms with Crippen LogP contribution in [0.3, 0.4) is 0 Å². The molecule has 0 atom stereocenters. The van der Waals surface area contributed by atoms with Crippen molar-refractivity contribution in [1.82, 2.24) is 14.8 Å². The van der Waals surface area contributed by atoms with Crippen molar-refractivity contribution in [3.05, 3.63) is 46.7 Å². The van der Waals surface area contributed by atoms with Gasteiger partial charge in [0.05, 0.1) is 16.0 Å². The Labute approximate surface area is 159 Å². The van der Waals surface area contributed by atoms with Gasteiger partial charge in [0, 0.05) is 37.6 Å². The van der Waals surface area contributed by atoms with Gasteiger partial charge in [-0.1, -0.05) is 30.0 Å². The van der Waals surface area contributed by atoms with E-state index in [1.165, 1.54) is 9.58 Å². The molecule has 1 aliphatic heterocycles. The number of thiophene rings is 1. The summed E-state index contributed by atoms with van der Waals surface area (Å²) < 4.78 is 2.16. The van der Waals surface area contributed by atoms with Gasteiger partial charge < -0.3 is 4.90 Å². The normalized spacial score (nSPS) is 15.8. The van der Waals surface area contributed by atoms with Gasteiger partial charge in [-0.05, 0) is 23.6 Å². The predicted octanol–water partition coefficient (Wildman–Crippen LogP) is 3.79. The molecule has 0 bridgehead atoms. The van der Waals surface area contributed by atoms with Crippen LogP contribution in [0.4, 0.5) is 0 Å². The zero-order chi connectivity index (χ0) is 17.1. The number of amides is 1. The number of thiazole rings is 1. The van der Waals surface area contributed by atoms with E-state index in [2.05, 4.69) is 33.5 Å². The summed E-state index contributed by atoms with van der Waals surface area (Å²) in [6.07, 6.45) is 0. The number of rotatable bonds is 5. The highest BCUT2D eigenvalue weighted by atomic mass is 32.2. The smallest absolute Gasteiger partial charge is 0.233 e. The van der Waals surface area contributed by atoms with E-state index in [9.17, 15) is 4.79 Å². The lowest BCUT2D eigenvalue weighted by molar-refractivity contribution is -0.130. The Balaban J connectivity index is 1.26. The molecule has 7 heteroatoms. The Kier molecular flexibility index (Phi) is 5.36. The van der Waals surface area contributed by atoms with Gasteiger partial charge in [0.1, 0.15) is 0 Å². The largest absolute Gasteiger partial charge is 0.339 e. The highest BCUT2D eigenvalue weighted by Gasteiger charge is 2.21. The number of hydrogen-bond acceptors (Lipinski definition) is 6. The average molecular weight is 390 g/mol. The lowest BCUT2D eigenvalue weighted by atomic mass is 10.3. The van der Waals surface area contributed by atoms with E-state index >= 15 is 0 Å². The van der Waals surface area contributed by atoms with E-state index in [1.54, 1.807) is 34.4 Å². The first-order valence-corrected chi connectivity index (χ1v) is 11.0. The van der Waals surface area contributed by atoms with Crippen LogP contribution in [0.15, 0.2) is 46.1 Å². The standard InChI is InChI=1S/C18H19N3OS3/c22-17(13-24-18-19-15-5-1-2-6-16(15)25-18)21-9-7-20(8-10-21)12-14-4-3-11-23-14/h1-6,11H,7-10,12-13H2. The molecule has 1 fully saturated rings. The molecule has 0 radical (unpaired) electrons. The third kappa shape index (κ3) is 4.23. The van der Waals surface area contributed by atoms with Crippen molar-refractivity contribution in [2.75, 3.05) is 31.9 Å². The van der Waals surface area contributed by atoms with E-state index in [0.717, 1.165) is 42.6 Å². The number of benzene rings is 1. The van der Waals surface area contributed by atoms with Crippen LogP contribution in [0, 0.1) is 0 Å². The molecule has 1 aromatic carbocycles. The van der Waals surface area contributed by atoms with Crippen LogP contribution in [0.25, 0.3) is 10.2 Å². The molecule has 0 spiro atoms.